The Balaban J connectivity index is 1.56. The zero-order valence-corrected chi connectivity index (χ0v) is 16.2. The van der Waals surface area contributed by atoms with Crippen LogP contribution < -0.4 is 5.32 Å². The Bertz CT molecular complexity index is 968. The molecule has 1 N–H and O–H groups in total. The molecule has 1 aliphatic rings. The number of piperidine rings is 1. The maximum Gasteiger partial charge on any atom is 0.322 e. The van der Waals surface area contributed by atoms with Gasteiger partial charge in [0, 0.05) is 17.8 Å². The average molecular weight is 376 g/mol. The Kier molecular flexibility index (Phi) is 5.10. The average Bonchev–Trinajstić information content (AvgIpc) is 3.22. The topological polar surface area (TPSA) is 71.3 Å². The Morgan fingerprint density at radius 1 is 1.11 bits per heavy atom. The molecule has 6 heteroatoms. The number of hydrogen-bond acceptors (Lipinski definition) is 4. The van der Waals surface area contributed by atoms with Crippen LogP contribution in [0.2, 0.25) is 0 Å². The van der Waals surface area contributed by atoms with Crippen molar-refractivity contribution in [3.8, 4) is 11.4 Å². The number of carbonyl (C=O) groups excluding carboxylic acids is 1. The summed E-state index contributed by atoms with van der Waals surface area (Å²) < 4.78 is 5.55. The summed E-state index contributed by atoms with van der Waals surface area (Å²) >= 11 is 0. The number of nitrogens with zero attached hydrogens (tertiary/aromatic N) is 3. The summed E-state index contributed by atoms with van der Waals surface area (Å²) in [6.07, 6.45) is 2.81. The number of carbonyl (C=O) groups is 1. The van der Waals surface area contributed by atoms with Crippen LogP contribution in [0.15, 0.2) is 53.1 Å². The molecule has 0 saturated carbocycles. The minimum Gasteiger partial charge on any atom is -0.337 e. The van der Waals surface area contributed by atoms with Crippen molar-refractivity contribution in [3.05, 3.63) is 65.5 Å². The number of hydrogen-bond donors (Lipinski definition) is 1. The lowest BCUT2D eigenvalue weighted by Crippen LogP contribution is -2.41. The van der Waals surface area contributed by atoms with E-state index in [1.54, 1.807) is 0 Å². The normalized spacial score (nSPS) is 16.8. The SMILES string of the molecule is Cc1cccc(NC(=O)N2CCCC[C@@H]2c2nc(-c3ccccc3)no2)c1C. The van der Waals surface area contributed by atoms with Gasteiger partial charge < -0.3 is 14.7 Å². The van der Waals surface area contributed by atoms with Crippen LogP contribution in [-0.4, -0.2) is 27.6 Å². The molecular formula is C22H24N4O2. The molecule has 2 heterocycles. The second-order valence-electron chi connectivity index (χ2n) is 7.20. The molecule has 3 aromatic rings. The molecule has 0 spiro atoms. The van der Waals surface area contributed by atoms with Crippen molar-refractivity contribution in [3.63, 3.8) is 0 Å². The number of rotatable bonds is 3. The first-order valence-electron chi connectivity index (χ1n) is 9.66. The minimum absolute atomic E-state index is 0.127. The summed E-state index contributed by atoms with van der Waals surface area (Å²) in [6, 6.07) is 15.3. The fourth-order valence-corrected chi connectivity index (χ4v) is 3.58. The molecule has 1 fully saturated rings. The van der Waals surface area contributed by atoms with E-state index in [9.17, 15) is 4.79 Å². The van der Waals surface area contributed by atoms with Gasteiger partial charge in [-0.05, 0) is 50.3 Å². The van der Waals surface area contributed by atoms with Crippen LogP contribution >= 0.6 is 0 Å². The first-order chi connectivity index (χ1) is 13.6. The molecule has 0 unspecified atom stereocenters. The van der Waals surface area contributed by atoms with E-state index in [1.807, 2.05) is 67.3 Å². The number of aromatic nitrogens is 2. The second-order valence-corrected chi connectivity index (χ2v) is 7.20. The maximum absolute atomic E-state index is 13.0. The largest absolute Gasteiger partial charge is 0.337 e. The third-order valence-corrected chi connectivity index (χ3v) is 5.37. The number of amides is 2. The van der Waals surface area contributed by atoms with Gasteiger partial charge in [0.25, 0.3) is 0 Å². The van der Waals surface area contributed by atoms with Crippen molar-refractivity contribution in [2.75, 3.05) is 11.9 Å². The van der Waals surface area contributed by atoms with Crippen molar-refractivity contribution >= 4 is 11.7 Å². The van der Waals surface area contributed by atoms with Gasteiger partial charge in [-0.25, -0.2) is 4.79 Å². The van der Waals surface area contributed by atoms with E-state index in [2.05, 4.69) is 15.5 Å². The number of anilines is 1. The summed E-state index contributed by atoms with van der Waals surface area (Å²) in [6.45, 7) is 4.73. The summed E-state index contributed by atoms with van der Waals surface area (Å²) in [7, 11) is 0. The van der Waals surface area contributed by atoms with E-state index in [0.717, 1.165) is 41.6 Å². The monoisotopic (exact) mass is 376 g/mol. The van der Waals surface area contributed by atoms with Crippen LogP contribution in [0, 0.1) is 13.8 Å². The van der Waals surface area contributed by atoms with Crippen LogP contribution in [0.25, 0.3) is 11.4 Å². The van der Waals surface area contributed by atoms with Gasteiger partial charge in [0.05, 0.1) is 0 Å². The van der Waals surface area contributed by atoms with Crippen molar-refractivity contribution in [2.24, 2.45) is 0 Å². The fraction of sp³-hybridized carbons (Fsp3) is 0.318. The molecular weight excluding hydrogens is 352 g/mol. The van der Waals surface area contributed by atoms with Crippen LogP contribution in [-0.2, 0) is 0 Å². The first-order valence-corrected chi connectivity index (χ1v) is 9.66. The third kappa shape index (κ3) is 3.63. The molecule has 28 heavy (non-hydrogen) atoms. The molecule has 144 valence electrons. The molecule has 0 bridgehead atoms. The third-order valence-electron chi connectivity index (χ3n) is 5.37. The smallest absolute Gasteiger partial charge is 0.322 e. The van der Waals surface area contributed by atoms with Crippen LogP contribution in [0.4, 0.5) is 10.5 Å². The molecule has 1 aliphatic heterocycles. The van der Waals surface area contributed by atoms with E-state index in [1.165, 1.54) is 0 Å². The molecule has 0 aliphatic carbocycles. The zero-order valence-electron chi connectivity index (χ0n) is 16.2. The molecule has 1 aromatic heterocycles. The minimum atomic E-state index is -0.205. The van der Waals surface area contributed by atoms with Crippen molar-refractivity contribution in [1.82, 2.24) is 15.0 Å². The first kappa shape index (κ1) is 18.2. The highest BCUT2D eigenvalue weighted by Crippen LogP contribution is 2.32. The Labute approximate surface area is 164 Å². The van der Waals surface area contributed by atoms with E-state index in [-0.39, 0.29) is 12.1 Å². The number of likely N-dealkylation sites (tertiary alicyclic amines) is 1. The number of benzene rings is 2. The van der Waals surface area contributed by atoms with Crippen molar-refractivity contribution in [2.45, 2.75) is 39.2 Å². The van der Waals surface area contributed by atoms with Gasteiger partial charge in [-0.3, -0.25) is 0 Å². The molecule has 1 saturated heterocycles. The van der Waals surface area contributed by atoms with E-state index in [4.69, 9.17) is 4.52 Å². The van der Waals surface area contributed by atoms with Gasteiger partial charge in [-0.1, -0.05) is 47.6 Å². The van der Waals surface area contributed by atoms with Crippen molar-refractivity contribution in [1.29, 1.82) is 0 Å². The number of nitrogens with one attached hydrogen (secondary N) is 1. The predicted molar refractivity (Wildman–Crippen MR) is 108 cm³/mol. The second kappa shape index (κ2) is 7.84. The van der Waals surface area contributed by atoms with Gasteiger partial charge in [0.2, 0.25) is 11.7 Å². The van der Waals surface area contributed by atoms with Gasteiger partial charge in [0.1, 0.15) is 6.04 Å². The van der Waals surface area contributed by atoms with Crippen molar-refractivity contribution < 1.29 is 9.32 Å². The van der Waals surface area contributed by atoms with E-state index >= 15 is 0 Å². The molecule has 0 radical (unpaired) electrons. The van der Waals surface area contributed by atoms with E-state index < -0.39 is 0 Å². The quantitative estimate of drug-likeness (QED) is 0.689. The molecule has 6 nitrogen and oxygen atoms in total. The predicted octanol–water partition coefficient (Wildman–Crippen LogP) is 5.11. The lowest BCUT2D eigenvalue weighted by atomic mass is 10.0. The Morgan fingerprint density at radius 2 is 1.93 bits per heavy atom. The fourth-order valence-electron chi connectivity index (χ4n) is 3.58. The number of aryl methyl sites for hydroxylation is 1. The summed E-state index contributed by atoms with van der Waals surface area (Å²) in [5.74, 6) is 1.05. The van der Waals surface area contributed by atoms with Gasteiger partial charge in [0.15, 0.2) is 0 Å². The summed E-state index contributed by atoms with van der Waals surface area (Å²) in [4.78, 5) is 19.4. The summed E-state index contributed by atoms with van der Waals surface area (Å²) in [5.41, 5.74) is 3.97. The molecule has 2 aromatic carbocycles. The Hall–Kier alpha value is -3.15. The molecule has 2 amide bonds. The highest BCUT2D eigenvalue weighted by atomic mass is 16.5. The lowest BCUT2D eigenvalue weighted by molar-refractivity contribution is 0.142. The van der Waals surface area contributed by atoms with Crippen LogP contribution in [0.1, 0.15) is 42.3 Å². The lowest BCUT2D eigenvalue weighted by Gasteiger charge is -2.33. The van der Waals surface area contributed by atoms with Gasteiger partial charge >= 0.3 is 6.03 Å². The number of urea groups is 1. The van der Waals surface area contributed by atoms with E-state index in [0.29, 0.717) is 18.3 Å². The standard InChI is InChI=1S/C22H24N4O2/c1-15-9-8-12-18(16(15)2)23-22(27)26-14-7-6-13-19(26)21-24-20(25-28-21)17-10-4-3-5-11-17/h3-5,8-12,19H,6-7,13-14H2,1-2H3,(H,23,27)/t19-/m1/s1. The summed E-state index contributed by atoms with van der Waals surface area (Å²) in [5, 5.41) is 7.18. The van der Waals surface area contributed by atoms with Gasteiger partial charge in [-0.2, -0.15) is 4.98 Å². The van der Waals surface area contributed by atoms with Crippen LogP contribution in [0.5, 0.6) is 0 Å². The van der Waals surface area contributed by atoms with Gasteiger partial charge in [-0.15, -0.1) is 0 Å². The zero-order chi connectivity index (χ0) is 19.5. The highest BCUT2D eigenvalue weighted by molar-refractivity contribution is 5.90. The highest BCUT2D eigenvalue weighted by Gasteiger charge is 2.32. The molecule has 1 atom stereocenters. The maximum atomic E-state index is 13.0. The van der Waals surface area contributed by atoms with Crippen LogP contribution in [0.3, 0.4) is 0 Å². The Morgan fingerprint density at radius 3 is 2.75 bits per heavy atom. The molecule has 4 rings (SSSR count).